The summed E-state index contributed by atoms with van der Waals surface area (Å²) < 4.78 is 30.0. The fraction of sp³-hybridized carbons (Fsp3) is 0.909. The lowest BCUT2D eigenvalue weighted by Gasteiger charge is -2.37. The standard InChI is InChI=1S/C33H57ClO6/c1-5-6-21-33(2,3)29(40-32-18-12-14-23-38-32)20-19-26-25(15-9-7-8-10-16-30(35)36-4)27(34)24-28(26)39-31-17-11-13-22-37-31/h19-20,25-29,31-32H,5-18,21-24H2,1-4H3/b20-19+/t25-,26-,27-,28-,29-,31?,32?/m1/s1. The van der Waals surface area contributed by atoms with E-state index >= 15 is 0 Å². The molecule has 40 heavy (non-hydrogen) atoms. The molecular weight excluding hydrogens is 528 g/mol. The van der Waals surface area contributed by atoms with Gasteiger partial charge in [-0.1, -0.05) is 65.0 Å². The van der Waals surface area contributed by atoms with Crippen LogP contribution in [0.2, 0.25) is 0 Å². The van der Waals surface area contributed by atoms with Gasteiger partial charge in [0, 0.05) is 30.9 Å². The number of carbonyl (C=O) groups excluding carboxylic acids is 1. The number of methoxy groups -OCH3 is 1. The molecular formula is C33H57ClO6. The van der Waals surface area contributed by atoms with Crippen molar-refractivity contribution >= 4 is 17.6 Å². The minimum atomic E-state index is -0.128. The Morgan fingerprint density at radius 2 is 1.70 bits per heavy atom. The molecule has 0 radical (unpaired) electrons. The number of alkyl halides is 1. The van der Waals surface area contributed by atoms with E-state index in [-0.39, 0.29) is 47.5 Å². The van der Waals surface area contributed by atoms with Gasteiger partial charge in [0.25, 0.3) is 0 Å². The second-order valence-electron chi connectivity index (χ2n) is 12.8. The maximum absolute atomic E-state index is 11.4. The van der Waals surface area contributed by atoms with Crippen LogP contribution in [0.5, 0.6) is 0 Å². The van der Waals surface area contributed by atoms with E-state index in [1.807, 2.05) is 0 Å². The Kier molecular flexibility index (Phi) is 15.3. The van der Waals surface area contributed by atoms with Crippen molar-refractivity contribution in [3.63, 3.8) is 0 Å². The van der Waals surface area contributed by atoms with Crippen molar-refractivity contribution in [1.82, 2.24) is 0 Å². The summed E-state index contributed by atoms with van der Waals surface area (Å²) in [5.41, 5.74) is 0.00422. The molecule has 0 spiro atoms. The van der Waals surface area contributed by atoms with Crippen LogP contribution in [0.3, 0.4) is 0 Å². The molecule has 3 rings (SSSR count). The second kappa shape index (κ2) is 18.1. The topological polar surface area (TPSA) is 63.2 Å². The molecule has 0 amide bonds. The first kappa shape index (κ1) is 33.8. The van der Waals surface area contributed by atoms with Crippen molar-refractivity contribution in [2.75, 3.05) is 20.3 Å². The molecule has 1 aliphatic carbocycles. The van der Waals surface area contributed by atoms with E-state index in [0.29, 0.717) is 12.3 Å². The number of rotatable bonds is 17. The minimum absolute atomic E-state index is 0.00422. The Morgan fingerprint density at radius 3 is 2.35 bits per heavy atom. The van der Waals surface area contributed by atoms with Gasteiger partial charge in [-0.2, -0.15) is 0 Å². The predicted octanol–water partition coefficient (Wildman–Crippen LogP) is 8.34. The second-order valence-corrected chi connectivity index (χ2v) is 13.4. The lowest BCUT2D eigenvalue weighted by molar-refractivity contribution is -0.198. The van der Waals surface area contributed by atoms with Gasteiger partial charge in [-0.05, 0) is 75.5 Å². The average molecular weight is 585 g/mol. The van der Waals surface area contributed by atoms with Crippen LogP contribution in [-0.2, 0) is 28.5 Å². The van der Waals surface area contributed by atoms with Gasteiger partial charge in [-0.15, -0.1) is 11.6 Å². The quantitative estimate of drug-likeness (QED) is 0.0741. The van der Waals surface area contributed by atoms with Gasteiger partial charge < -0.3 is 23.7 Å². The molecule has 0 bridgehead atoms. The van der Waals surface area contributed by atoms with E-state index in [9.17, 15) is 4.79 Å². The first-order chi connectivity index (χ1) is 19.3. The summed E-state index contributed by atoms with van der Waals surface area (Å²) in [4.78, 5) is 11.4. The summed E-state index contributed by atoms with van der Waals surface area (Å²) in [5.74, 6) is 0.449. The van der Waals surface area contributed by atoms with E-state index in [2.05, 4.69) is 32.9 Å². The number of carbonyl (C=O) groups is 1. The Hall–Kier alpha value is -0.660. The Morgan fingerprint density at radius 1 is 1.00 bits per heavy atom. The zero-order valence-electron chi connectivity index (χ0n) is 25.8. The molecule has 0 aromatic rings. The normalized spacial score (nSPS) is 30.5. The number of ether oxygens (including phenoxy) is 5. The maximum Gasteiger partial charge on any atom is 0.305 e. The van der Waals surface area contributed by atoms with Crippen molar-refractivity contribution in [3.05, 3.63) is 12.2 Å². The molecule has 2 saturated heterocycles. The van der Waals surface area contributed by atoms with Gasteiger partial charge in [0.15, 0.2) is 12.6 Å². The van der Waals surface area contributed by atoms with Crippen molar-refractivity contribution in [3.8, 4) is 0 Å². The highest BCUT2D eigenvalue weighted by atomic mass is 35.5. The third-order valence-electron chi connectivity index (χ3n) is 9.10. The number of unbranched alkanes of at least 4 members (excludes halogenated alkanes) is 4. The molecule has 0 N–H and O–H groups in total. The van der Waals surface area contributed by atoms with Crippen LogP contribution in [0.15, 0.2) is 12.2 Å². The predicted molar refractivity (Wildman–Crippen MR) is 160 cm³/mol. The number of esters is 1. The van der Waals surface area contributed by atoms with Gasteiger partial charge in [-0.25, -0.2) is 0 Å². The van der Waals surface area contributed by atoms with Gasteiger partial charge in [0.1, 0.15) is 0 Å². The molecule has 1 saturated carbocycles. The number of hydrogen-bond acceptors (Lipinski definition) is 6. The van der Waals surface area contributed by atoms with Crippen LogP contribution in [0.25, 0.3) is 0 Å². The van der Waals surface area contributed by atoms with Crippen LogP contribution in [0, 0.1) is 17.3 Å². The van der Waals surface area contributed by atoms with Crippen LogP contribution >= 0.6 is 11.6 Å². The third-order valence-corrected chi connectivity index (χ3v) is 9.60. The SMILES string of the molecule is CCCCC(C)(C)[C@@H](/C=C/[C@@H]1[C@@H](CCCCCCC(=O)OC)[C@H](Cl)C[C@H]1OC1CCCCO1)OC1CCCCO1. The Labute approximate surface area is 249 Å². The van der Waals surface area contributed by atoms with Crippen LogP contribution in [0.1, 0.15) is 124 Å². The van der Waals surface area contributed by atoms with Crippen LogP contribution < -0.4 is 0 Å². The highest BCUT2D eigenvalue weighted by molar-refractivity contribution is 6.21. The van der Waals surface area contributed by atoms with Gasteiger partial charge in [0.2, 0.25) is 0 Å². The average Bonchev–Trinajstić information content (AvgIpc) is 3.25. The van der Waals surface area contributed by atoms with Gasteiger partial charge in [0.05, 0.1) is 19.3 Å². The van der Waals surface area contributed by atoms with E-state index in [4.69, 9.17) is 35.3 Å². The molecule has 2 heterocycles. The van der Waals surface area contributed by atoms with Gasteiger partial charge >= 0.3 is 5.97 Å². The summed E-state index contributed by atoms with van der Waals surface area (Å²) in [6, 6.07) is 0. The van der Waals surface area contributed by atoms with E-state index < -0.39 is 0 Å². The highest BCUT2D eigenvalue weighted by Crippen LogP contribution is 2.43. The van der Waals surface area contributed by atoms with Crippen LogP contribution in [0.4, 0.5) is 0 Å². The number of hydrogen-bond donors (Lipinski definition) is 0. The lowest BCUT2D eigenvalue weighted by atomic mass is 9.80. The Bertz CT molecular complexity index is 730. The summed E-state index contributed by atoms with van der Waals surface area (Å²) in [7, 11) is 1.45. The largest absolute Gasteiger partial charge is 0.469 e. The molecule has 7 atom stereocenters. The zero-order valence-corrected chi connectivity index (χ0v) is 26.5. The van der Waals surface area contributed by atoms with E-state index in [1.165, 1.54) is 20.0 Å². The summed E-state index contributed by atoms with van der Waals surface area (Å²) in [5, 5.41) is 0.0763. The fourth-order valence-corrected chi connectivity index (χ4v) is 6.92. The molecule has 2 aliphatic heterocycles. The summed E-state index contributed by atoms with van der Waals surface area (Å²) in [6.45, 7) is 8.47. The molecule has 3 fully saturated rings. The maximum atomic E-state index is 11.4. The smallest absolute Gasteiger partial charge is 0.305 e. The zero-order chi connectivity index (χ0) is 28.8. The fourth-order valence-electron chi connectivity index (χ4n) is 6.45. The monoisotopic (exact) mass is 584 g/mol. The summed E-state index contributed by atoms with van der Waals surface area (Å²) >= 11 is 7.05. The highest BCUT2D eigenvalue weighted by Gasteiger charge is 2.43. The first-order valence-electron chi connectivity index (χ1n) is 16.3. The number of halogens is 1. The molecule has 6 nitrogen and oxygen atoms in total. The third kappa shape index (κ3) is 11.2. The van der Waals surface area contributed by atoms with Crippen molar-refractivity contribution in [2.45, 2.75) is 154 Å². The molecule has 2 unspecified atom stereocenters. The van der Waals surface area contributed by atoms with Crippen molar-refractivity contribution in [2.24, 2.45) is 17.3 Å². The van der Waals surface area contributed by atoms with E-state index in [0.717, 1.165) is 96.7 Å². The molecule has 0 aromatic heterocycles. The summed E-state index contributed by atoms with van der Waals surface area (Å²) in [6.07, 6.45) is 20.9. The minimum Gasteiger partial charge on any atom is -0.469 e. The lowest BCUT2D eigenvalue weighted by Crippen LogP contribution is -2.37. The van der Waals surface area contributed by atoms with E-state index in [1.54, 1.807) is 0 Å². The molecule has 7 heteroatoms. The molecule has 232 valence electrons. The first-order valence-corrected chi connectivity index (χ1v) is 16.7. The van der Waals surface area contributed by atoms with Crippen LogP contribution in [-0.4, -0.2) is 56.5 Å². The van der Waals surface area contributed by atoms with Crippen molar-refractivity contribution < 1.29 is 28.5 Å². The molecule has 0 aromatic carbocycles. The Balaban J connectivity index is 1.70. The van der Waals surface area contributed by atoms with Gasteiger partial charge in [-0.3, -0.25) is 4.79 Å². The molecule has 3 aliphatic rings. The van der Waals surface area contributed by atoms with Crippen molar-refractivity contribution in [1.29, 1.82) is 0 Å².